The molecule has 3 N–H and O–H groups in total. The van der Waals surface area contributed by atoms with Crippen molar-refractivity contribution in [3.63, 3.8) is 0 Å². The third-order valence-electron chi connectivity index (χ3n) is 10.0. The summed E-state index contributed by atoms with van der Waals surface area (Å²) in [5, 5.41) is 31.6. The lowest BCUT2D eigenvalue weighted by Gasteiger charge is -2.24. The van der Waals surface area contributed by atoms with Crippen LogP contribution in [0.5, 0.6) is 0 Å². The number of aliphatic hydroxyl groups excluding tert-OH is 3. The Hall–Kier alpha value is -0.990. The molecule has 0 radical (unpaired) electrons. The first-order valence-corrected chi connectivity index (χ1v) is 18.6. The zero-order valence-electron chi connectivity index (χ0n) is 28.1. The molecule has 3 rings (SSSR count). The molecule has 8 atom stereocenters. The number of carbonyl (C=O) groups excluding carboxylic acids is 1. The van der Waals surface area contributed by atoms with Crippen molar-refractivity contribution in [1.82, 2.24) is 0 Å². The number of unbranched alkanes of at least 4 members (excludes halogenated alkanes) is 14. The third kappa shape index (κ3) is 14.2. The number of hydrogen-bond acceptors (Lipinski definition) is 7. The highest BCUT2D eigenvalue weighted by atomic mass is 16.6. The number of aliphatic hydroxyl groups is 3. The molecule has 0 amide bonds. The molecule has 3 aliphatic rings. The van der Waals surface area contributed by atoms with Gasteiger partial charge < -0.3 is 29.5 Å². The van der Waals surface area contributed by atoms with Crippen molar-refractivity contribution >= 4 is 5.97 Å². The molecule has 0 aromatic rings. The van der Waals surface area contributed by atoms with Crippen molar-refractivity contribution in [1.29, 1.82) is 0 Å². The molecule has 7 nitrogen and oxygen atoms in total. The summed E-state index contributed by atoms with van der Waals surface area (Å²) in [6.07, 6.45) is 26.1. The van der Waals surface area contributed by atoms with Gasteiger partial charge in [0.25, 0.3) is 0 Å². The van der Waals surface area contributed by atoms with Crippen molar-refractivity contribution in [3.05, 3.63) is 11.6 Å². The average molecular weight is 623 g/mol. The standard InChI is InChI=1S/C37H66O7/c1-3-4-5-6-7-11-14-17-20-31(39)33-22-24-35(43-33)36-25-23-34(44-36)32(40)21-18-15-12-9-8-10-13-16-19-30(38)27-29-26-28(2)42-37(29)41/h26,28,30-36,38-40H,3-25,27H2,1-2H3/t28-,30-,31-,32-,33+,34+,35+,36+/m0/s1. The SMILES string of the molecule is CCCCCCCCCC[C@H](O)[C@H]1CC[C@H]([C@H]2CC[C@H]([C@@H](O)CCCCCCCCCC[C@H](O)CC3=C[C@H](C)OC3=O)O2)O1. The van der Waals surface area contributed by atoms with Gasteiger partial charge in [0, 0.05) is 12.0 Å². The first-order valence-electron chi connectivity index (χ1n) is 18.6. The van der Waals surface area contributed by atoms with E-state index in [-0.39, 0.29) is 42.6 Å². The summed E-state index contributed by atoms with van der Waals surface area (Å²) in [5.41, 5.74) is 0.617. The van der Waals surface area contributed by atoms with Crippen LogP contribution >= 0.6 is 0 Å². The maximum Gasteiger partial charge on any atom is 0.334 e. The van der Waals surface area contributed by atoms with Gasteiger partial charge in [-0.25, -0.2) is 4.79 Å². The molecule has 3 heterocycles. The smallest absolute Gasteiger partial charge is 0.334 e. The van der Waals surface area contributed by atoms with Gasteiger partial charge in [-0.15, -0.1) is 0 Å². The van der Waals surface area contributed by atoms with E-state index in [0.717, 1.165) is 77.0 Å². The van der Waals surface area contributed by atoms with Crippen LogP contribution in [0.4, 0.5) is 0 Å². The highest BCUT2D eigenvalue weighted by molar-refractivity contribution is 5.90. The molecular weight excluding hydrogens is 556 g/mol. The quantitative estimate of drug-likeness (QED) is 0.0703. The van der Waals surface area contributed by atoms with Gasteiger partial charge in [0.15, 0.2) is 0 Å². The molecule has 256 valence electrons. The Morgan fingerprint density at radius 1 is 0.659 bits per heavy atom. The molecule has 0 unspecified atom stereocenters. The van der Waals surface area contributed by atoms with E-state index in [2.05, 4.69) is 6.92 Å². The normalized spacial score (nSPS) is 27.4. The van der Waals surface area contributed by atoms with Gasteiger partial charge in [0.05, 0.1) is 42.7 Å². The lowest BCUT2D eigenvalue weighted by Crippen LogP contribution is -2.33. The van der Waals surface area contributed by atoms with E-state index in [0.29, 0.717) is 12.0 Å². The predicted octanol–water partition coefficient (Wildman–Crippen LogP) is 7.86. The third-order valence-corrected chi connectivity index (χ3v) is 10.0. The highest BCUT2D eigenvalue weighted by Gasteiger charge is 2.40. The molecule has 2 saturated heterocycles. The van der Waals surface area contributed by atoms with Gasteiger partial charge in [-0.05, 0) is 57.9 Å². The topological polar surface area (TPSA) is 105 Å². The van der Waals surface area contributed by atoms with Crippen LogP contribution in [0.1, 0.15) is 168 Å². The lowest BCUT2D eigenvalue weighted by molar-refractivity contribution is -0.139. The van der Waals surface area contributed by atoms with Crippen molar-refractivity contribution in [2.24, 2.45) is 0 Å². The van der Waals surface area contributed by atoms with Gasteiger partial charge >= 0.3 is 5.97 Å². The Bertz CT molecular complexity index is 801. The van der Waals surface area contributed by atoms with Crippen molar-refractivity contribution in [3.8, 4) is 0 Å². The second kappa shape index (κ2) is 21.7. The maximum atomic E-state index is 11.7. The fraction of sp³-hybridized carbons (Fsp3) is 0.919. The summed E-state index contributed by atoms with van der Waals surface area (Å²) >= 11 is 0. The average Bonchev–Trinajstić information content (AvgIpc) is 3.75. The van der Waals surface area contributed by atoms with Gasteiger partial charge in [0.2, 0.25) is 0 Å². The molecule has 0 bridgehead atoms. The molecule has 0 aliphatic carbocycles. The number of hydrogen-bond donors (Lipinski definition) is 3. The number of ether oxygens (including phenoxy) is 3. The fourth-order valence-electron chi connectivity index (χ4n) is 7.28. The molecule has 0 saturated carbocycles. The molecule has 0 aromatic heterocycles. The largest absolute Gasteiger partial charge is 0.455 e. The zero-order valence-corrected chi connectivity index (χ0v) is 28.1. The summed E-state index contributed by atoms with van der Waals surface area (Å²) < 4.78 is 17.7. The number of esters is 1. The number of cyclic esters (lactones) is 1. The van der Waals surface area contributed by atoms with Crippen LogP contribution < -0.4 is 0 Å². The minimum atomic E-state index is -0.463. The van der Waals surface area contributed by atoms with E-state index in [1.54, 1.807) is 0 Å². The van der Waals surface area contributed by atoms with E-state index in [1.165, 1.54) is 70.6 Å². The molecule has 3 aliphatic heterocycles. The van der Waals surface area contributed by atoms with Crippen LogP contribution in [-0.4, -0.2) is 70.1 Å². The lowest BCUT2D eigenvalue weighted by atomic mass is 10.00. The number of rotatable bonds is 25. The monoisotopic (exact) mass is 622 g/mol. The Morgan fingerprint density at radius 2 is 1.09 bits per heavy atom. The second-order valence-corrected chi connectivity index (χ2v) is 14.0. The van der Waals surface area contributed by atoms with Crippen molar-refractivity contribution in [2.45, 2.75) is 217 Å². The first kappa shape index (κ1) is 37.5. The fourth-order valence-corrected chi connectivity index (χ4v) is 7.28. The van der Waals surface area contributed by atoms with Crippen LogP contribution in [0, 0.1) is 0 Å². The van der Waals surface area contributed by atoms with Crippen LogP contribution in [-0.2, 0) is 19.0 Å². The Labute approximate surface area is 268 Å². The minimum Gasteiger partial charge on any atom is -0.455 e. The summed E-state index contributed by atoms with van der Waals surface area (Å²) in [6.45, 7) is 4.09. The van der Waals surface area contributed by atoms with Crippen molar-refractivity contribution in [2.75, 3.05) is 0 Å². The Morgan fingerprint density at radius 3 is 1.52 bits per heavy atom. The van der Waals surface area contributed by atoms with Crippen molar-refractivity contribution < 1.29 is 34.3 Å². The van der Waals surface area contributed by atoms with E-state index in [1.807, 2.05) is 13.0 Å². The van der Waals surface area contributed by atoms with Gasteiger partial charge in [-0.3, -0.25) is 0 Å². The summed E-state index contributed by atoms with van der Waals surface area (Å²) in [6, 6.07) is 0. The van der Waals surface area contributed by atoms with Gasteiger partial charge in [-0.1, -0.05) is 110 Å². The second-order valence-electron chi connectivity index (χ2n) is 14.0. The summed E-state index contributed by atoms with van der Waals surface area (Å²) in [7, 11) is 0. The molecule has 2 fully saturated rings. The van der Waals surface area contributed by atoms with Crippen LogP contribution in [0.25, 0.3) is 0 Å². The van der Waals surface area contributed by atoms with E-state index in [9.17, 15) is 20.1 Å². The number of carbonyl (C=O) groups is 1. The van der Waals surface area contributed by atoms with Crippen LogP contribution in [0.3, 0.4) is 0 Å². The Balaban J connectivity index is 1.13. The van der Waals surface area contributed by atoms with E-state index >= 15 is 0 Å². The summed E-state index contributed by atoms with van der Waals surface area (Å²) in [4.78, 5) is 11.7. The highest BCUT2D eigenvalue weighted by Crippen LogP contribution is 2.34. The summed E-state index contributed by atoms with van der Waals surface area (Å²) in [5.74, 6) is -0.281. The van der Waals surface area contributed by atoms with Gasteiger partial charge in [-0.2, -0.15) is 0 Å². The molecule has 7 heteroatoms. The molecule has 44 heavy (non-hydrogen) atoms. The molecule has 0 spiro atoms. The predicted molar refractivity (Wildman–Crippen MR) is 175 cm³/mol. The van der Waals surface area contributed by atoms with E-state index < -0.39 is 12.2 Å². The van der Waals surface area contributed by atoms with Crippen LogP contribution in [0.2, 0.25) is 0 Å². The van der Waals surface area contributed by atoms with Crippen LogP contribution in [0.15, 0.2) is 11.6 Å². The zero-order chi connectivity index (χ0) is 31.6. The molecular formula is C37H66O7. The van der Waals surface area contributed by atoms with E-state index in [4.69, 9.17) is 14.2 Å². The maximum absolute atomic E-state index is 11.7. The first-order chi connectivity index (χ1) is 21.4. The molecule has 0 aromatic carbocycles. The Kier molecular flexibility index (Phi) is 18.5. The minimum absolute atomic E-state index is 0.0519. The van der Waals surface area contributed by atoms with Gasteiger partial charge in [0.1, 0.15) is 6.10 Å².